The first-order chi connectivity index (χ1) is 14.8. The average molecular weight is 411 g/mol. The van der Waals surface area contributed by atoms with Gasteiger partial charge in [0.1, 0.15) is 12.4 Å². The number of thiophene rings is 1. The third-order valence-corrected chi connectivity index (χ3v) is 5.45. The van der Waals surface area contributed by atoms with Crippen molar-refractivity contribution in [3.8, 4) is 5.75 Å². The molecule has 0 radical (unpaired) electrons. The summed E-state index contributed by atoms with van der Waals surface area (Å²) in [7, 11) is 0. The van der Waals surface area contributed by atoms with Crippen LogP contribution in [0.3, 0.4) is 0 Å². The van der Waals surface area contributed by atoms with Gasteiger partial charge in [0.25, 0.3) is 0 Å². The number of hydrogen-bond acceptors (Lipinski definition) is 6. The van der Waals surface area contributed by atoms with Gasteiger partial charge in [-0.1, -0.05) is 42.5 Å². The Balaban J connectivity index is 1.35. The number of aromatic nitrogens is 3. The molecule has 0 spiro atoms. The average Bonchev–Trinajstić information content (AvgIpc) is 3.51. The first-order valence-corrected chi connectivity index (χ1v) is 10.3. The quantitative estimate of drug-likeness (QED) is 0.351. The zero-order valence-corrected chi connectivity index (χ0v) is 16.8. The van der Waals surface area contributed by atoms with Crippen LogP contribution in [0.5, 0.6) is 5.75 Å². The number of benzene rings is 2. The summed E-state index contributed by atoms with van der Waals surface area (Å²) in [5, 5.41) is 11.0. The van der Waals surface area contributed by atoms with Crippen LogP contribution in [-0.4, -0.2) is 15.2 Å². The third-order valence-electron chi connectivity index (χ3n) is 4.63. The molecule has 5 nitrogen and oxygen atoms in total. The van der Waals surface area contributed by atoms with Crippen LogP contribution in [0.1, 0.15) is 22.0 Å². The van der Waals surface area contributed by atoms with Crippen molar-refractivity contribution in [3.05, 3.63) is 107 Å². The van der Waals surface area contributed by atoms with Gasteiger partial charge in [0, 0.05) is 15.8 Å². The zero-order valence-electron chi connectivity index (χ0n) is 15.9. The summed E-state index contributed by atoms with van der Waals surface area (Å²) in [6.45, 7) is 0.408. The topological polar surface area (TPSA) is 61.0 Å². The maximum absolute atomic E-state index is 5.94. The largest absolute Gasteiger partial charge is 0.487 e. The molecule has 5 rings (SSSR count). The molecule has 2 aromatic carbocycles. The van der Waals surface area contributed by atoms with Gasteiger partial charge in [-0.25, -0.2) is 4.98 Å². The normalized spacial score (nSPS) is 11.7. The Morgan fingerprint density at radius 1 is 0.967 bits per heavy atom. The lowest BCUT2D eigenvalue weighted by Gasteiger charge is -2.08. The van der Waals surface area contributed by atoms with Crippen LogP contribution in [0.15, 0.2) is 89.0 Å². The number of para-hydroxylation sites is 1. The Kier molecular flexibility index (Phi) is 5.06. The molecule has 0 unspecified atom stereocenters. The van der Waals surface area contributed by atoms with Gasteiger partial charge >= 0.3 is 0 Å². The molecule has 0 atom stereocenters. The van der Waals surface area contributed by atoms with Crippen molar-refractivity contribution in [1.82, 2.24) is 15.2 Å². The SMILES string of the molecule is C(=C(/c1ccc(OCc2ccc3ccccc3n2)cc1)c1nnco1)/c1cccs1. The minimum Gasteiger partial charge on any atom is -0.487 e. The number of nitrogens with zero attached hydrogens (tertiary/aromatic N) is 3. The molecule has 3 aromatic heterocycles. The number of pyridine rings is 1. The van der Waals surface area contributed by atoms with E-state index in [0.29, 0.717) is 12.5 Å². The van der Waals surface area contributed by atoms with Crippen LogP contribution in [0, 0.1) is 0 Å². The van der Waals surface area contributed by atoms with Crippen molar-refractivity contribution in [1.29, 1.82) is 0 Å². The third kappa shape index (κ3) is 3.99. The van der Waals surface area contributed by atoms with Crippen molar-refractivity contribution in [2.45, 2.75) is 6.61 Å². The number of hydrogen-bond donors (Lipinski definition) is 0. The highest BCUT2D eigenvalue weighted by Crippen LogP contribution is 2.28. The van der Waals surface area contributed by atoms with Gasteiger partial charge in [-0.3, -0.25) is 0 Å². The molecule has 0 amide bonds. The van der Waals surface area contributed by atoms with Crippen LogP contribution in [0.2, 0.25) is 0 Å². The summed E-state index contributed by atoms with van der Waals surface area (Å²) in [5.74, 6) is 1.26. The highest BCUT2D eigenvalue weighted by Gasteiger charge is 2.11. The lowest BCUT2D eigenvalue weighted by molar-refractivity contribution is 0.302. The fraction of sp³-hybridized carbons (Fsp3) is 0.0417. The summed E-state index contributed by atoms with van der Waals surface area (Å²) < 4.78 is 11.4. The van der Waals surface area contributed by atoms with E-state index in [9.17, 15) is 0 Å². The molecule has 0 saturated carbocycles. The minimum absolute atomic E-state index is 0.408. The summed E-state index contributed by atoms with van der Waals surface area (Å²) in [6, 6.07) is 24.0. The first-order valence-electron chi connectivity index (χ1n) is 9.45. The standard InChI is InChI=1S/C24H17N3O2S/c1-2-6-23-18(4-1)7-10-19(26-23)15-28-20-11-8-17(9-12-20)22(24-27-25-16-29-24)14-21-5-3-13-30-21/h1-14,16H,15H2/b22-14+. The predicted molar refractivity (Wildman–Crippen MR) is 118 cm³/mol. The van der Waals surface area contributed by atoms with Crippen LogP contribution in [0.4, 0.5) is 0 Å². The van der Waals surface area contributed by atoms with E-state index in [-0.39, 0.29) is 0 Å². The highest BCUT2D eigenvalue weighted by molar-refractivity contribution is 7.10. The Morgan fingerprint density at radius 2 is 1.87 bits per heavy atom. The number of fused-ring (bicyclic) bond motifs is 1. The lowest BCUT2D eigenvalue weighted by atomic mass is 10.0. The molecule has 5 aromatic rings. The second-order valence-electron chi connectivity index (χ2n) is 6.63. The lowest BCUT2D eigenvalue weighted by Crippen LogP contribution is -1.98. The maximum Gasteiger partial charge on any atom is 0.248 e. The van der Waals surface area contributed by atoms with Gasteiger partial charge in [0.2, 0.25) is 12.3 Å². The van der Waals surface area contributed by atoms with Gasteiger partial charge in [0.05, 0.1) is 11.2 Å². The molecule has 0 N–H and O–H groups in total. The Labute approximate surface area is 177 Å². The molecule has 0 bridgehead atoms. The number of ether oxygens (including phenoxy) is 1. The van der Waals surface area contributed by atoms with E-state index in [2.05, 4.69) is 33.4 Å². The van der Waals surface area contributed by atoms with Crippen molar-refractivity contribution in [2.75, 3.05) is 0 Å². The molecule has 0 fully saturated rings. The molecule has 0 aliphatic carbocycles. The van der Waals surface area contributed by atoms with Crippen molar-refractivity contribution in [2.24, 2.45) is 0 Å². The summed E-state index contributed by atoms with van der Waals surface area (Å²) >= 11 is 1.65. The van der Waals surface area contributed by atoms with Crippen LogP contribution in [0.25, 0.3) is 22.6 Å². The van der Waals surface area contributed by atoms with Gasteiger partial charge in [-0.2, -0.15) is 0 Å². The van der Waals surface area contributed by atoms with Crippen LogP contribution >= 0.6 is 11.3 Å². The van der Waals surface area contributed by atoms with Gasteiger partial charge in [-0.05, 0) is 47.4 Å². The molecular formula is C24H17N3O2S. The van der Waals surface area contributed by atoms with E-state index in [1.807, 2.05) is 66.1 Å². The molecule has 0 aliphatic rings. The molecule has 3 heterocycles. The second-order valence-corrected chi connectivity index (χ2v) is 7.60. The van der Waals surface area contributed by atoms with E-state index in [1.165, 1.54) is 6.39 Å². The van der Waals surface area contributed by atoms with E-state index in [1.54, 1.807) is 11.3 Å². The smallest absolute Gasteiger partial charge is 0.248 e. The summed E-state index contributed by atoms with van der Waals surface area (Å²) in [6.07, 6.45) is 3.39. The summed E-state index contributed by atoms with van der Waals surface area (Å²) in [4.78, 5) is 5.77. The molecule has 6 heteroatoms. The minimum atomic E-state index is 0.408. The van der Waals surface area contributed by atoms with Crippen LogP contribution < -0.4 is 4.74 Å². The summed E-state index contributed by atoms with van der Waals surface area (Å²) in [5.41, 5.74) is 3.71. The monoisotopic (exact) mass is 411 g/mol. The van der Waals surface area contributed by atoms with Gasteiger partial charge in [-0.15, -0.1) is 21.5 Å². The molecule has 0 aliphatic heterocycles. The maximum atomic E-state index is 5.94. The molecular weight excluding hydrogens is 394 g/mol. The Hall–Kier alpha value is -3.77. The predicted octanol–water partition coefficient (Wildman–Crippen LogP) is 5.85. The molecule has 146 valence electrons. The van der Waals surface area contributed by atoms with Crippen molar-refractivity contribution < 1.29 is 9.15 Å². The fourth-order valence-electron chi connectivity index (χ4n) is 3.15. The molecule has 30 heavy (non-hydrogen) atoms. The fourth-order valence-corrected chi connectivity index (χ4v) is 3.81. The van der Waals surface area contributed by atoms with E-state index >= 15 is 0 Å². The van der Waals surface area contributed by atoms with Crippen LogP contribution in [-0.2, 0) is 6.61 Å². The van der Waals surface area contributed by atoms with Crippen molar-refractivity contribution >= 4 is 33.9 Å². The Morgan fingerprint density at radius 3 is 2.67 bits per heavy atom. The zero-order chi connectivity index (χ0) is 20.2. The first kappa shape index (κ1) is 18.3. The highest BCUT2D eigenvalue weighted by atomic mass is 32.1. The van der Waals surface area contributed by atoms with Gasteiger partial charge in [0.15, 0.2) is 0 Å². The Bertz CT molecular complexity index is 1280. The number of rotatable bonds is 6. The second kappa shape index (κ2) is 8.31. The van der Waals surface area contributed by atoms with Crippen molar-refractivity contribution in [3.63, 3.8) is 0 Å². The molecule has 0 saturated heterocycles. The van der Waals surface area contributed by atoms with E-state index in [4.69, 9.17) is 9.15 Å². The van der Waals surface area contributed by atoms with E-state index in [0.717, 1.165) is 38.4 Å². The van der Waals surface area contributed by atoms with E-state index < -0.39 is 0 Å². The van der Waals surface area contributed by atoms with Gasteiger partial charge < -0.3 is 9.15 Å².